The van der Waals surface area contributed by atoms with E-state index in [2.05, 4.69) is 13.5 Å². The van der Waals surface area contributed by atoms with Crippen molar-refractivity contribution in [1.29, 1.82) is 0 Å². The lowest BCUT2D eigenvalue weighted by atomic mass is 9.48. The molecule has 102 valence electrons. The summed E-state index contributed by atoms with van der Waals surface area (Å²) in [6.45, 7) is 6.12. The Balaban J connectivity index is 1.60. The van der Waals surface area contributed by atoms with Crippen LogP contribution in [0.3, 0.4) is 0 Å². The molecule has 4 fully saturated rings. The lowest BCUT2D eigenvalue weighted by Crippen LogP contribution is -2.48. The molecule has 0 aromatic rings. The van der Waals surface area contributed by atoms with Crippen LogP contribution in [0.1, 0.15) is 64.7 Å². The molecule has 0 aromatic carbocycles. The highest BCUT2D eigenvalue weighted by molar-refractivity contribution is 5.02. The van der Waals surface area contributed by atoms with Gasteiger partial charge in [0.25, 0.3) is 0 Å². The van der Waals surface area contributed by atoms with Crippen LogP contribution in [0.4, 0.5) is 0 Å². The summed E-state index contributed by atoms with van der Waals surface area (Å²) in [6, 6.07) is 0.415. The molecule has 1 nitrogen and oxygen atoms in total. The van der Waals surface area contributed by atoms with Crippen LogP contribution in [0.15, 0.2) is 12.2 Å². The molecule has 4 aliphatic carbocycles. The summed E-state index contributed by atoms with van der Waals surface area (Å²) in [5.74, 6) is 3.18. The fraction of sp³-hybridized carbons (Fsp3) is 0.882. The van der Waals surface area contributed by atoms with E-state index in [4.69, 9.17) is 5.73 Å². The van der Waals surface area contributed by atoms with Gasteiger partial charge in [0, 0.05) is 6.04 Å². The predicted molar refractivity (Wildman–Crippen MR) is 77.2 cm³/mol. The normalized spacial score (nSPS) is 43.1. The number of hydrogen-bond acceptors (Lipinski definition) is 1. The molecule has 1 heteroatoms. The van der Waals surface area contributed by atoms with E-state index in [1.54, 1.807) is 19.3 Å². The first kappa shape index (κ1) is 12.7. The lowest BCUT2D eigenvalue weighted by molar-refractivity contribution is -0.0606. The van der Waals surface area contributed by atoms with Crippen molar-refractivity contribution in [3.8, 4) is 0 Å². The van der Waals surface area contributed by atoms with Gasteiger partial charge in [-0.15, -0.1) is 6.58 Å². The molecular weight excluding hydrogens is 218 g/mol. The van der Waals surface area contributed by atoms with Gasteiger partial charge in [-0.3, -0.25) is 0 Å². The van der Waals surface area contributed by atoms with Crippen LogP contribution >= 0.6 is 0 Å². The van der Waals surface area contributed by atoms with Crippen molar-refractivity contribution in [2.75, 3.05) is 0 Å². The van der Waals surface area contributed by atoms with Gasteiger partial charge >= 0.3 is 0 Å². The van der Waals surface area contributed by atoms with Gasteiger partial charge in [0.05, 0.1) is 0 Å². The molecule has 0 heterocycles. The molecule has 1 unspecified atom stereocenters. The maximum atomic E-state index is 6.40. The number of nitrogens with two attached hydrogens (primary N) is 1. The number of hydrogen-bond donors (Lipinski definition) is 1. The van der Waals surface area contributed by atoms with Crippen molar-refractivity contribution < 1.29 is 0 Å². The summed E-state index contributed by atoms with van der Waals surface area (Å²) >= 11 is 0. The van der Waals surface area contributed by atoms with Gasteiger partial charge in [-0.05, 0) is 87.9 Å². The second-order valence-corrected chi connectivity index (χ2v) is 7.88. The smallest absolute Gasteiger partial charge is 0.00471 e. The summed E-state index contributed by atoms with van der Waals surface area (Å²) < 4.78 is 0. The fourth-order valence-electron chi connectivity index (χ4n) is 5.63. The first-order valence-electron chi connectivity index (χ1n) is 7.95. The van der Waals surface area contributed by atoms with E-state index in [0.717, 1.165) is 30.6 Å². The van der Waals surface area contributed by atoms with E-state index >= 15 is 0 Å². The molecule has 18 heavy (non-hydrogen) atoms. The van der Waals surface area contributed by atoms with Gasteiger partial charge in [0.2, 0.25) is 0 Å². The highest BCUT2D eigenvalue weighted by Gasteiger charge is 2.50. The topological polar surface area (TPSA) is 26.0 Å². The summed E-state index contributed by atoms with van der Waals surface area (Å²) in [6.07, 6.45) is 12.7. The lowest BCUT2D eigenvalue weighted by Gasteiger charge is -2.57. The Kier molecular flexibility index (Phi) is 3.30. The third-order valence-corrected chi connectivity index (χ3v) is 5.80. The van der Waals surface area contributed by atoms with Crippen molar-refractivity contribution >= 4 is 0 Å². The van der Waals surface area contributed by atoms with E-state index in [1.807, 2.05) is 0 Å². The number of rotatable bonds is 5. The quantitative estimate of drug-likeness (QED) is 0.721. The first-order chi connectivity index (χ1) is 8.55. The van der Waals surface area contributed by atoms with Crippen LogP contribution in [0, 0.1) is 23.2 Å². The van der Waals surface area contributed by atoms with Gasteiger partial charge in [-0.2, -0.15) is 0 Å². The SMILES string of the molecule is C=C(C)CCC(N)CC12CC3CC(CC(C3)C1)C2. The molecule has 4 bridgehead atoms. The highest BCUT2D eigenvalue weighted by atomic mass is 14.7. The molecule has 0 aromatic heterocycles. The van der Waals surface area contributed by atoms with Crippen LogP contribution in [-0.2, 0) is 0 Å². The average Bonchev–Trinajstić information content (AvgIpc) is 2.23. The monoisotopic (exact) mass is 247 g/mol. The molecule has 4 saturated carbocycles. The van der Waals surface area contributed by atoms with Gasteiger partial charge in [-0.1, -0.05) is 5.57 Å². The number of allylic oxidation sites excluding steroid dienone is 1. The summed E-state index contributed by atoms with van der Waals surface area (Å²) in [4.78, 5) is 0. The van der Waals surface area contributed by atoms with Crippen molar-refractivity contribution in [3.05, 3.63) is 12.2 Å². The Hall–Kier alpha value is -0.300. The maximum Gasteiger partial charge on any atom is 0.00471 e. The molecule has 0 aliphatic heterocycles. The second-order valence-electron chi connectivity index (χ2n) is 7.88. The zero-order valence-electron chi connectivity index (χ0n) is 12.0. The predicted octanol–water partition coefficient (Wildman–Crippen LogP) is 4.28. The van der Waals surface area contributed by atoms with E-state index in [1.165, 1.54) is 31.3 Å². The Labute approximate surface area is 112 Å². The molecule has 0 amide bonds. The van der Waals surface area contributed by atoms with Crippen LogP contribution in [0.25, 0.3) is 0 Å². The molecule has 4 rings (SSSR count). The first-order valence-corrected chi connectivity index (χ1v) is 7.95. The van der Waals surface area contributed by atoms with Crippen molar-refractivity contribution in [2.24, 2.45) is 28.9 Å². The van der Waals surface area contributed by atoms with Gasteiger partial charge in [0.15, 0.2) is 0 Å². The van der Waals surface area contributed by atoms with Crippen LogP contribution in [0.5, 0.6) is 0 Å². The standard InChI is InChI=1S/C17H29N/c1-12(2)3-4-16(18)11-17-8-13-5-14(9-17)7-15(6-13)10-17/h13-16H,1,3-11,18H2,2H3. The van der Waals surface area contributed by atoms with Crippen molar-refractivity contribution in [1.82, 2.24) is 0 Å². The Bertz CT molecular complexity index is 295. The Morgan fingerprint density at radius 2 is 1.67 bits per heavy atom. The molecule has 0 radical (unpaired) electrons. The molecule has 1 atom stereocenters. The van der Waals surface area contributed by atoms with Crippen molar-refractivity contribution in [2.45, 2.75) is 70.8 Å². The highest BCUT2D eigenvalue weighted by Crippen LogP contribution is 2.61. The summed E-state index contributed by atoms with van der Waals surface area (Å²) in [7, 11) is 0. The van der Waals surface area contributed by atoms with Gasteiger partial charge in [0.1, 0.15) is 0 Å². The van der Waals surface area contributed by atoms with E-state index in [9.17, 15) is 0 Å². The minimum absolute atomic E-state index is 0.415. The maximum absolute atomic E-state index is 6.40. The zero-order chi connectivity index (χ0) is 12.8. The average molecular weight is 247 g/mol. The molecule has 0 saturated heterocycles. The van der Waals surface area contributed by atoms with Crippen LogP contribution in [0.2, 0.25) is 0 Å². The molecular formula is C17H29N. The third kappa shape index (κ3) is 2.52. The fourth-order valence-corrected chi connectivity index (χ4v) is 5.63. The minimum Gasteiger partial charge on any atom is -0.328 e. The summed E-state index contributed by atoms with van der Waals surface area (Å²) in [5, 5.41) is 0. The largest absolute Gasteiger partial charge is 0.328 e. The molecule has 2 N–H and O–H groups in total. The Morgan fingerprint density at radius 3 is 2.11 bits per heavy atom. The van der Waals surface area contributed by atoms with E-state index in [-0.39, 0.29) is 0 Å². The van der Waals surface area contributed by atoms with Crippen molar-refractivity contribution in [3.63, 3.8) is 0 Å². The van der Waals surface area contributed by atoms with Gasteiger partial charge < -0.3 is 5.73 Å². The van der Waals surface area contributed by atoms with E-state index < -0.39 is 0 Å². The summed E-state index contributed by atoms with van der Waals surface area (Å²) in [5.41, 5.74) is 8.35. The van der Waals surface area contributed by atoms with Gasteiger partial charge in [-0.25, -0.2) is 0 Å². The Morgan fingerprint density at radius 1 is 1.17 bits per heavy atom. The van der Waals surface area contributed by atoms with E-state index in [0.29, 0.717) is 11.5 Å². The van der Waals surface area contributed by atoms with Crippen LogP contribution < -0.4 is 5.73 Å². The molecule has 0 spiro atoms. The molecule has 4 aliphatic rings. The third-order valence-electron chi connectivity index (χ3n) is 5.80. The minimum atomic E-state index is 0.415. The van der Waals surface area contributed by atoms with Crippen LogP contribution in [-0.4, -0.2) is 6.04 Å². The second kappa shape index (κ2) is 4.67. The zero-order valence-corrected chi connectivity index (χ0v) is 12.0.